The summed E-state index contributed by atoms with van der Waals surface area (Å²) >= 11 is 0. The van der Waals surface area contributed by atoms with Crippen LogP contribution in [-0.4, -0.2) is 33.9 Å². The van der Waals surface area contributed by atoms with E-state index < -0.39 is 35.5 Å². The molecular formula is C9H12O5. The van der Waals surface area contributed by atoms with E-state index in [-0.39, 0.29) is 0 Å². The maximum Gasteiger partial charge on any atom is 0.310 e. The van der Waals surface area contributed by atoms with Crippen molar-refractivity contribution in [3.63, 3.8) is 0 Å². The van der Waals surface area contributed by atoms with Crippen molar-refractivity contribution in [3.8, 4) is 0 Å². The topological polar surface area (TPSA) is 83.8 Å². The van der Waals surface area contributed by atoms with E-state index in [9.17, 15) is 9.59 Å². The number of carboxylic acids is 2. The molecule has 5 nitrogen and oxygen atoms in total. The first-order chi connectivity index (χ1) is 6.46. The number of hydrogen-bond donors (Lipinski definition) is 2. The zero-order valence-electron chi connectivity index (χ0n) is 7.77. The molecule has 78 valence electrons. The standard InChI is InChI=1S/C9H12O5/c1-9-3-2-4(14-9)5(7(10)11)6(9)8(12)13/h4-6H,2-3H2,1H3,(H,10,11)(H,12,13). The van der Waals surface area contributed by atoms with Gasteiger partial charge in [-0.1, -0.05) is 0 Å². The highest BCUT2D eigenvalue weighted by Gasteiger charge is 2.62. The third-order valence-corrected chi connectivity index (χ3v) is 3.31. The van der Waals surface area contributed by atoms with Crippen molar-refractivity contribution in [2.45, 2.75) is 31.5 Å². The molecule has 2 aliphatic heterocycles. The van der Waals surface area contributed by atoms with Gasteiger partial charge in [0.1, 0.15) is 5.92 Å². The van der Waals surface area contributed by atoms with Gasteiger partial charge in [-0.05, 0) is 19.8 Å². The van der Waals surface area contributed by atoms with Crippen molar-refractivity contribution in [2.75, 3.05) is 0 Å². The molecular weight excluding hydrogens is 188 g/mol. The van der Waals surface area contributed by atoms with Crippen LogP contribution >= 0.6 is 0 Å². The van der Waals surface area contributed by atoms with Crippen LogP contribution in [-0.2, 0) is 14.3 Å². The third-order valence-electron chi connectivity index (χ3n) is 3.31. The molecule has 2 bridgehead atoms. The van der Waals surface area contributed by atoms with Crippen molar-refractivity contribution in [1.82, 2.24) is 0 Å². The van der Waals surface area contributed by atoms with Gasteiger partial charge in [0.25, 0.3) is 0 Å². The number of ether oxygens (including phenoxy) is 1. The molecule has 0 aliphatic carbocycles. The molecule has 0 aromatic rings. The molecule has 0 aromatic carbocycles. The van der Waals surface area contributed by atoms with Gasteiger partial charge >= 0.3 is 11.9 Å². The lowest BCUT2D eigenvalue weighted by Crippen LogP contribution is -2.43. The van der Waals surface area contributed by atoms with E-state index >= 15 is 0 Å². The summed E-state index contributed by atoms with van der Waals surface area (Å²) in [6.45, 7) is 1.69. The van der Waals surface area contributed by atoms with Crippen molar-refractivity contribution in [3.05, 3.63) is 0 Å². The number of hydrogen-bond acceptors (Lipinski definition) is 3. The second-order valence-electron chi connectivity index (χ2n) is 4.19. The highest BCUT2D eigenvalue weighted by atomic mass is 16.5. The SMILES string of the molecule is CC12CCC(O1)C(C(=O)O)C2C(=O)O. The Bertz CT molecular complexity index is 300. The number of carboxylic acid groups (broad SMARTS) is 2. The van der Waals surface area contributed by atoms with E-state index in [0.29, 0.717) is 12.8 Å². The normalized spacial score (nSPS) is 45.4. The number of fused-ring (bicyclic) bond motifs is 2. The lowest BCUT2D eigenvalue weighted by Gasteiger charge is -2.28. The van der Waals surface area contributed by atoms with Crippen molar-refractivity contribution in [2.24, 2.45) is 11.8 Å². The Hall–Kier alpha value is -1.10. The zero-order chi connectivity index (χ0) is 10.5. The van der Waals surface area contributed by atoms with Crippen LogP contribution in [0, 0.1) is 11.8 Å². The molecule has 2 heterocycles. The van der Waals surface area contributed by atoms with E-state index in [4.69, 9.17) is 14.9 Å². The van der Waals surface area contributed by atoms with Crippen LogP contribution < -0.4 is 0 Å². The fraction of sp³-hybridized carbons (Fsp3) is 0.778. The Morgan fingerprint density at radius 1 is 1.36 bits per heavy atom. The molecule has 0 saturated carbocycles. The van der Waals surface area contributed by atoms with Gasteiger partial charge in [0.15, 0.2) is 0 Å². The van der Waals surface area contributed by atoms with Crippen molar-refractivity contribution in [1.29, 1.82) is 0 Å². The molecule has 0 aromatic heterocycles. The predicted octanol–water partition coefficient (Wildman–Crippen LogP) is 0.339. The van der Waals surface area contributed by atoms with E-state index in [2.05, 4.69) is 0 Å². The van der Waals surface area contributed by atoms with E-state index in [1.165, 1.54) is 0 Å². The van der Waals surface area contributed by atoms with Crippen molar-refractivity contribution < 1.29 is 24.5 Å². The number of rotatable bonds is 2. The molecule has 2 aliphatic rings. The van der Waals surface area contributed by atoms with Crippen LogP contribution in [0.4, 0.5) is 0 Å². The fourth-order valence-corrected chi connectivity index (χ4v) is 2.69. The maximum absolute atomic E-state index is 11.0. The minimum absolute atomic E-state index is 0.418. The minimum atomic E-state index is -1.07. The van der Waals surface area contributed by atoms with Gasteiger partial charge in [-0.15, -0.1) is 0 Å². The summed E-state index contributed by atoms with van der Waals surface area (Å²) in [5.74, 6) is -3.92. The van der Waals surface area contributed by atoms with Gasteiger partial charge in [0.05, 0.1) is 17.6 Å². The Labute approximate surface area is 80.7 Å². The van der Waals surface area contributed by atoms with E-state index in [1.54, 1.807) is 6.92 Å². The van der Waals surface area contributed by atoms with Gasteiger partial charge < -0.3 is 14.9 Å². The first-order valence-electron chi connectivity index (χ1n) is 4.59. The molecule has 0 radical (unpaired) electrons. The second-order valence-corrected chi connectivity index (χ2v) is 4.19. The summed E-state index contributed by atoms with van der Waals surface area (Å²) < 4.78 is 5.45. The highest BCUT2D eigenvalue weighted by Crippen LogP contribution is 2.51. The Kier molecular flexibility index (Phi) is 1.82. The molecule has 0 spiro atoms. The molecule has 4 unspecified atom stereocenters. The molecule has 2 saturated heterocycles. The van der Waals surface area contributed by atoms with Crippen LogP contribution in [0.5, 0.6) is 0 Å². The summed E-state index contributed by atoms with van der Waals surface area (Å²) in [5, 5.41) is 17.9. The second kappa shape index (κ2) is 2.70. The van der Waals surface area contributed by atoms with Gasteiger partial charge in [0.2, 0.25) is 0 Å². The Balaban J connectivity index is 2.35. The Morgan fingerprint density at radius 2 is 2.00 bits per heavy atom. The Morgan fingerprint density at radius 3 is 2.43 bits per heavy atom. The summed E-state index contributed by atoms with van der Waals surface area (Å²) in [6, 6.07) is 0. The first kappa shape index (κ1) is 9.45. The molecule has 0 amide bonds. The largest absolute Gasteiger partial charge is 0.481 e. The number of aliphatic carboxylic acids is 2. The van der Waals surface area contributed by atoms with Gasteiger partial charge in [-0.2, -0.15) is 0 Å². The van der Waals surface area contributed by atoms with Crippen LogP contribution in [0.15, 0.2) is 0 Å². The van der Waals surface area contributed by atoms with Gasteiger partial charge in [0, 0.05) is 0 Å². The monoisotopic (exact) mass is 200 g/mol. The first-order valence-corrected chi connectivity index (χ1v) is 4.59. The van der Waals surface area contributed by atoms with Gasteiger partial charge in [-0.25, -0.2) is 0 Å². The molecule has 2 N–H and O–H groups in total. The average Bonchev–Trinajstić information content (AvgIpc) is 2.55. The van der Waals surface area contributed by atoms with E-state index in [1.807, 2.05) is 0 Å². The van der Waals surface area contributed by atoms with Crippen molar-refractivity contribution >= 4 is 11.9 Å². The average molecular weight is 200 g/mol. The lowest BCUT2D eigenvalue weighted by molar-refractivity contribution is -0.155. The lowest BCUT2D eigenvalue weighted by atomic mass is 9.72. The minimum Gasteiger partial charge on any atom is -0.481 e. The zero-order valence-corrected chi connectivity index (χ0v) is 7.77. The molecule has 5 heteroatoms. The van der Waals surface area contributed by atoms with Crippen LogP contribution in [0.3, 0.4) is 0 Å². The van der Waals surface area contributed by atoms with Crippen LogP contribution in [0.1, 0.15) is 19.8 Å². The summed E-state index contributed by atoms with van der Waals surface area (Å²) in [4.78, 5) is 21.9. The quantitative estimate of drug-likeness (QED) is 0.671. The molecule has 14 heavy (non-hydrogen) atoms. The van der Waals surface area contributed by atoms with Crippen LogP contribution in [0.2, 0.25) is 0 Å². The molecule has 2 fully saturated rings. The fourth-order valence-electron chi connectivity index (χ4n) is 2.69. The smallest absolute Gasteiger partial charge is 0.310 e. The predicted molar refractivity (Wildman–Crippen MR) is 44.8 cm³/mol. The molecule has 2 rings (SSSR count). The highest BCUT2D eigenvalue weighted by molar-refractivity contribution is 5.82. The summed E-state index contributed by atoms with van der Waals surface area (Å²) in [5.41, 5.74) is -0.778. The molecule has 4 atom stereocenters. The third kappa shape index (κ3) is 1.05. The van der Waals surface area contributed by atoms with E-state index in [0.717, 1.165) is 0 Å². The summed E-state index contributed by atoms with van der Waals surface area (Å²) in [7, 11) is 0. The number of carbonyl (C=O) groups is 2. The maximum atomic E-state index is 11.0. The summed E-state index contributed by atoms with van der Waals surface area (Å²) in [6.07, 6.45) is 0.869. The van der Waals surface area contributed by atoms with Crippen LogP contribution in [0.25, 0.3) is 0 Å². The van der Waals surface area contributed by atoms with Gasteiger partial charge in [-0.3, -0.25) is 9.59 Å².